The monoisotopic (exact) mass is 205 g/mol. The van der Waals surface area contributed by atoms with Crippen LogP contribution in [0.15, 0.2) is 0 Å². The number of carbonyl (C=O) groups is 1. The average molecular weight is 205 g/mol. The third-order valence-electron chi connectivity index (χ3n) is 1.79. The van der Waals surface area contributed by atoms with E-state index in [1.165, 1.54) is 0 Å². The molecule has 1 saturated heterocycles. The van der Waals surface area contributed by atoms with Crippen LogP contribution in [0, 0.1) is 0 Å². The summed E-state index contributed by atoms with van der Waals surface area (Å²) in [5, 5.41) is 0. The summed E-state index contributed by atoms with van der Waals surface area (Å²) in [6.07, 6.45) is 1.69. The number of carbonyl (C=O) groups excluding carboxylic acids is 1. The van der Waals surface area contributed by atoms with Gasteiger partial charge in [-0.15, -0.1) is 0 Å². The number of hydrogen-bond acceptors (Lipinski definition) is 3. The highest BCUT2D eigenvalue weighted by atomic mass is 33.1. The first-order chi connectivity index (χ1) is 5.84. The zero-order valence-electron chi connectivity index (χ0n) is 7.41. The van der Waals surface area contributed by atoms with Crippen molar-refractivity contribution in [1.82, 2.24) is 4.90 Å². The Hall–Kier alpha value is 0.170. The van der Waals surface area contributed by atoms with Gasteiger partial charge in [0, 0.05) is 31.0 Å². The van der Waals surface area contributed by atoms with Crippen molar-refractivity contribution in [3.8, 4) is 0 Å². The van der Waals surface area contributed by atoms with Crippen LogP contribution in [-0.4, -0.2) is 35.4 Å². The normalized spacial score (nSPS) is 18.9. The predicted octanol–water partition coefficient (Wildman–Crippen LogP) is 2.01. The van der Waals surface area contributed by atoms with E-state index in [4.69, 9.17) is 0 Å². The summed E-state index contributed by atoms with van der Waals surface area (Å²) >= 11 is 0. The molecule has 0 saturated carbocycles. The summed E-state index contributed by atoms with van der Waals surface area (Å²) < 4.78 is 0. The topological polar surface area (TPSA) is 20.3 Å². The van der Waals surface area contributed by atoms with Gasteiger partial charge in [-0.3, -0.25) is 4.79 Å². The number of nitrogens with zero attached hydrogens (tertiary/aromatic N) is 1. The van der Waals surface area contributed by atoms with Crippen LogP contribution in [-0.2, 0) is 4.79 Å². The number of amides is 1. The van der Waals surface area contributed by atoms with Crippen LogP contribution in [0.25, 0.3) is 0 Å². The molecule has 0 unspecified atom stereocenters. The molecule has 1 aliphatic heterocycles. The predicted molar refractivity (Wildman–Crippen MR) is 56.4 cm³/mol. The molecule has 1 amide bonds. The van der Waals surface area contributed by atoms with Crippen molar-refractivity contribution >= 4 is 27.5 Å². The maximum atomic E-state index is 11.5. The highest BCUT2D eigenvalue weighted by Crippen LogP contribution is 2.24. The molecule has 12 heavy (non-hydrogen) atoms. The van der Waals surface area contributed by atoms with Crippen molar-refractivity contribution in [3.05, 3.63) is 0 Å². The first-order valence-corrected chi connectivity index (χ1v) is 6.85. The smallest absolute Gasteiger partial charge is 0.222 e. The van der Waals surface area contributed by atoms with E-state index in [1.54, 1.807) is 0 Å². The highest BCUT2D eigenvalue weighted by molar-refractivity contribution is 8.76. The second-order valence-electron chi connectivity index (χ2n) is 2.77. The van der Waals surface area contributed by atoms with E-state index in [0.717, 1.165) is 37.4 Å². The molecule has 1 rings (SSSR count). The van der Waals surface area contributed by atoms with Gasteiger partial charge >= 0.3 is 0 Å². The maximum Gasteiger partial charge on any atom is 0.222 e. The summed E-state index contributed by atoms with van der Waals surface area (Å²) in [4.78, 5) is 13.5. The standard InChI is InChI=1S/C8H15NOS2/c1-2-3-8(10)9-4-6-11-12-7-5-9/h2-7H2,1H3. The Labute approximate surface area is 81.9 Å². The molecule has 0 aromatic heterocycles. The third-order valence-corrected chi connectivity index (χ3v) is 4.15. The lowest BCUT2D eigenvalue weighted by Gasteiger charge is -2.18. The average Bonchev–Trinajstić information content (AvgIpc) is 2.32. The quantitative estimate of drug-likeness (QED) is 0.643. The Balaban J connectivity index is 2.32. The minimum atomic E-state index is 0.334. The second kappa shape index (κ2) is 5.75. The molecular weight excluding hydrogens is 190 g/mol. The second-order valence-corrected chi connectivity index (χ2v) is 5.48. The molecule has 70 valence electrons. The zero-order valence-corrected chi connectivity index (χ0v) is 9.05. The molecule has 0 N–H and O–H groups in total. The van der Waals surface area contributed by atoms with Crippen molar-refractivity contribution in [2.45, 2.75) is 19.8 Å². The molecule has 0 aromatic carbocycles. The molecule has 4 heteroatoms. The molecule has 0 aliphatic carbocycles. The van der Waals surface area contributed by atoms with Gasteiger partial charge in [-0.25, -0.2) is 0 Å². The molecule has 1 heterocycles. The highest BCUT2D eigenvalue weighted by Gasteiger charge is 2.14. The van der Waals surface area contributed by atoms with Gasteiger partial charge in [0.15, 0.2) is 0 Å². The Kier molecular flexibility index (Phi) is 4.92. The Morgan fingerprint density at radius 3 is 2.42 bits per heavy atom. The SMILES string of the molecule is CCCC(=O)N1CCSSCC1. The van der Waals surface area contributed by atoms with Crippen LogP contribution >= 0.6 is 21.6 Å². The van der Waals surface area contributed by atoms with Crippen LogP contribution in [0.3, 0.4) is 0 Å². The van der Waals surface area contributed by atoms with E-state index in [2.05, 4.69) is 6.92 Å². The molecule has 2 nitrogen and oxygen atoms in total. The molecule has 0 bridgehead atoms. The van der Waals surface area contributed by atoms with Gasteiger partial charge in [-0.2, -0.15) is 0 Å². The van der Waals surface area contributed by atoms with Gasteiger partial charge in [0.25, 0.3) is 0 Å². The molecule has 0 aromatic rings. The fourth-order valence-electron chi connectivity index (χ4n) is 1.15. The largest absolute Gasteiger partial charge is 0.341 e. The molecule has 1 fully saturated rings. The van der Waals surface area contributed by atoms with Gasteiger partial charge in [0.2, 0.25) is 5.91 Å². The summed E-state index contributed by atoms with van der Waals surface area (Å²) in [6.45, 7) is 3.94. The molecule has 1 aliphatic rings. The Bertz CT molecular complexity index is 144. The maximum absolute atomic E-state index is 11.5. The lowest BCUT2D eigenvalue weighted by molar-refractivity contribution is -0.130. The lowest BCUT2D eigenvalue weighted by atomic mass is 10.3. The Morgan fingerprint density at radius 1 is 1.33 bits per heavy atom. The van der Waals surface area contributed by atoms with E-state index < -0.39 is 0 Å². The number of hydrogen-bond donors (Lipinski definition) is 0. The minimum Gasteiger partial charge on any atom is -0.341 e. The third kappa shape index (κ3) is 3.27. The van der Waals surface area contributed by atoms with Gasteiger partial charge in [0.1, 0.15) is 0 Å². The van der Waals surface area contributed by atoms with E-state index in [0.29, 0.717) is 5.91 Å². The van der Waals surface area contributed by atoms with Gasteiger partial charge in [-0.1, -0.05) is 28.5 Å². The first kappa shape index (κ1) is 10.3. The first-order valence-electron chi connectivity index (χ1n) is 4.36. The minimum absolute atomic E-state index is 0.334. The summed E-state index contributed by atoms with van der Waals surface area (Å²) in [6, 6.07) is 0. The fourth-order valence-corrected chi connectivity index (χ4v) is 3.13. The molecular formula is C8H15NOS2. The van der Waals surface area contributed by atoms with E-state index >= 15 is 0 Å². The van der Waals surface area contributed by atoms with Crippen LogP contribution in [0.2, 0.25) is 0 Å². The van der Waals surface area contributed by atoms with E-state index in [-0.39, 0.29) is 0 Å². The molecule has 0 spiro atoms. The van der Waals surface area contributed by atoms with Gasteiger partial charge < -0.3 is 4.90 Å². The zero-order chi connectivity index (χ0) is 8.81. The molecule has 0 radical (unpaired) electrons. The summed E-state index contributed by atoms with van der Waals surface area (Å²) in [5.41, 5.74) is 0. The van der Waals surface area contributed by atoms with Crippen LogP contribution in [0.5, 0.6) is 0 Å². The van der Waals surface area contributed by atoms with Crippen LogP contribution in [0.1, 0.15) is 19.8 Å². The van der Waals surface area contributed by atoms with Crippen LogP contribution in [0.4, 0.5) is 0 Å². The van der Waals surface area contributed by atoms with Crippen molar-refractivity contribution in [1.29, 1.82) is 0 Å². The summed E-state index contributed by atoms with van der Waals surface area (Å²) in [5.74, 6) is 2.50. The van der Waals surface area contributed by atoms with Crippen molar-refractivity contribution in [2.24, 2.45) is 0 Å². The van der Waals surface area contributed by atoms with Crippen molar-refractivity contribution in [3.63, 3.8) is 0 Å². The summed E-state index contributed by atoms with van der Waals surface area (Å²) in [7, 11) is 3.76. The van der Waals surface area contributed by atoms with Crippen molar-refractivity contribution < 1.29 is 4.79 Å². The lowest BCUT2D eigenvalue weighted by Crippen LogP contribution is -2.33. The van der Waals surface area contributed by atoms with Crippen LogP contribution < -0.4 is 0 Å². The molecule has 0 atom stereocenters. The van der Waals surface area contributed by atoms with Crippen molar-refractivity contribution in [2.75, 3.05) is 24.6 Å². The van der Waals surface area contributed by atoms with Gasteiger partial charge in [0.05, 0.1) is 0 Å². The Morgan fingerprint density at radius 2 is 1.92 bits per heavy atom. The van der Waals surface area contributed by atoms with E-state index in [9.17, 15) is 4.79 Å². The van der Waals surface area contributed by atoms with Gasteiger partial charge in [-0.05, 0) is 6.42 Å². The van der Waals surface area contributed by atoms with E-state index in [1.807, 2.05) is 26.5 Å². The fraction of sp³-hybridized carbons (Fsp3) is 0.875. The number of rotatable bonds is 2.